The van der Waals surface area contributed by atoms with E-state index in [0.29, 0.717) is 0 Å². The summed E-state index contributed by atoms with van der Waals surface area (Å²) in [7, 11) is 0. The molecule has 0 amide bonds. The van der Waals surface area contributed by atoms with Gasteiger partial charge in [0.25, 0.3) is 0 Å². The van der Waals surface area contributed by atoms with Crippen LogP contribution in [-0.2, 0) is 16.2 Å². The largest absolute Gasteiger partial charge is 0.299 e. The van der Waals surface area contributed by atoms with Crippen LogP contribution in [0.25, 0.3) is 152 Å². The number of nitrogens with zero attached hydrogens (tertiary/aromatic N) is 9. The normalized spacial score (nSPS) is 13.1. The van der Waals surface area contributed by atoms with Crippen molar-refractivity contribution in [1.29, 1.82) is 0 Å². The Balaban J connectivity index is 0.000000111. The molecule has 0 N–H and O–H groups in total. The molecule has 9 heteroatoms. The van der Waals surface area contributed by atoms with Crippen molar-refractivity contribution < 1.29 is 0 Å². The highest BCUT2D eigenvalue weighted by atomic mass is 15.1. The van der Waals surface area contributed by atoms with Crippen LogP contribution in [0.15, 0.2) is 468 Å². The summed E-state index contributed by atoms with van der Waals surface area (Å²) in [5.41, 5.74) is 38.9. The van der Waals surface area contributed by atoms with E-state index in [-0.39, 0.29) is 5.41 Å². The van der Waals surface area contributed by atoms with Gasteiger partial charge in [-0.25, -0.2) is 15.0 Å². The smallest absolute Gasteiger partial charge is 0.145 e. The van der Waals surface area contributed by atoms with Gasteiger partial charge in [-0.1, -0.05) is 360 Å². The van der Waals surface area contributed by atoms with Crippen molar-refractivity contribution in [3.8, 4) is 135 Å². The standard InChI is InChI=1S/2C43H29N3.C33H25N3/c1-3-17-32(18-4-1)43(33-19-5-2-6-20-33)36-23-8-7-21-35(36)40-34(22-14-24-37(40)43)30-15-13-16-31(29-30)42-45-41(38-25-9-11-27-44-38)39-26-10-12-28-46(39)42;1-3-14-32(15-4-1)43(33-16-5-2-6-17-33)36-20-8-7-18-35(36)40-34(19-13-21-37(40)43)30-24-26-31(27-25-30)42-45-41(38-22-9-11-28-44-38)39-23-10-12-29-46(39)42;1-33(2)26-15-4-3-13-25(26)30-24(14-10-16-27(30)33)22-11-9-12-23(21-22)32-35-31(28-17-5-7-19-34-28)29-18-6-8-20-36(29)32/h2*1-29H;3-21H,1-2H3. The van der Waals surface area contributed by atoms with Gasteiger partial charge in [-0.05, 0) is 207 Å². The predicted octanol–water partition coefficient (Wildman–Crippen LogP) is 28.2. The highest BCUT2D eigenvalue weighted by Gasteiger charge is 2.49. The highest BCUT2D eigenvalue weighted by molar-refractivity contribution is 5.99. The summed E-state index contributed by atoms with van der Waals surface area (Å²) in [6, 6.07) is 154. The number of rotatable bonds is 13. The first-order valence-electron chi connectivity index (χ1n) is 43.7. The van der Waals surface area contributed by atoms with Crippen LogP contribution < -0.4 is 0 Å². The first kappa shape index (κ1) is 76.3. The molecule has 9 nitrogen and oxygen atoms in total. The molecule has 9 heterocycles. The van der Waals surface area contributed by atoms with Gasteiger partial charge in [0, 0.05) is 59.3 Å². The number of aromatic nitrogens is 9. The Bertz CT molecular complexity index is 7850. The monoisotopic (exact) mass is 1640 g/mol. The van der Waals surface area contributed by atoms with Gasteiger partial charge < -0.3 is 0 Å². The van der Waals surface area contributed by atoms with E-state index in [1.807, 2.05) is 85.3 Å². The van der Waals surface area contributed by atoms with Gasteiger partial charge in [0.1, 0.15) is 34.6 Å². The number of benzene rings is 13. The average molecular weight is 1640 g/mol. The molecule has 9 aromatic heterocycles. The minimum absolute atomic E-state index is 0.0174. The van der Waals surface area contributed by atoms with Crippen molar-refractivity contribution in [1.82, 2.24) is 43.1 Å². The maximum Gasteiger partial charge on any atom is 0.145 e. The molecule has 3 aliphatic carbocycles. The second kappa shape index (κ2) is 31.6. The van der Waals surface area contributed by atoms with E-state index < -0.39 is 10.8 Å². The molecule has 0 fully saturated rings. The fourth-order valence-electron chi connectivity index (χ4n) is 20.7. The lowest BCUT2D eigenvalue weighted by Crippen LogP contribution is -2.28. The Morgan fingerprint density at radius 3 is 0.867 bits per heavy atom. The van der Waals surface area contributed by atoms with Gasteiger partial charge in [0.05, 0.1) is 44.5 Å². The van der Waals surface area contributed by atoms with E-state index in [1.54, 1.807) is 0 Å². The van der Waals surface area contributed by atoms with Crippen molar-refractivity contribution in [2.24, 2.45) is 0 Å². The van der Waals surface area contributed by atoms with Gasteiger partial charge >= 0.3 is 0 Å². The third-order valence-corrected chi connectivity index (χ3v) is 26.3. The zero-order valence-corrected chi connectivity index (χ0v) is 70.5. The zero-order valence-electron chi connectivity index (χ0n) is 70.5. The van der Waals surface area contributed by atoms with Crippen molar-refractivity contribution in [2.45, 2.75) is 30.1 Å². The third-order valence-electron chi connectivity index (χ3n) is 26.3. The molecule has 13 aromatic carbocycles. The van der Waals surface area contributed by atoms with Crippen molar-refractivity contribution >= 4 is 16.6 Å². The van der Waals surface area contributed by atoms with E-state index in [4.69, 9.17) is 15.0 Å². The van der Waals surface area contributed by atoms with E-state index in [9.17, 15) is 0 Å². The van der Waals surface area contributed by atoms with Crippen LogP contribution in [0.4, 0.5) is 0 Å². The minimum Gasteiger partial charge on any atom is -0.299 e. The first-order chi connectivity index (χ1) is 63.3. The lowest BCUT2D eigenvalue weighted by atomic mass is 9.67. The fraction of sp³-hybridized carbons (Fsp3) is 0.0420. The van der Waals surface area contributed by atoms with Crippen LogP contribution in [0.3, 0.4) is 0 Å². The summed E-state index contributed by atoms with van der Waals surface area (Å²) >= 11 is 0. The van der Waals surface area contributed by atoms with E-state index in [2.05, 4.69) is 425 Å². The molecule has 22 aromatic rings. The molecular formula is C119H83N9. The lowest BCUT2D eigenvalue weighted by molar-refractivity contribution is 0.660. The summed E-state index contributed by atoms with van der Waals surface area (Å²) in [5, 5.41) is 0. The summed E-state index contributed by atoms with van der Waals surface area (Å²) in [4.78, 5) is 29.2. The van der Waals surface area contributed by atoms with Gasteiger partial charge in [-0.3, -0.25) is 28.2 Å². The summed E-state index contributed by atoms with van der Waals surface area (Å²) in [6.45, 7) is 4.65. The molecule has 0 spiro atoms. The molecular weight excluding hydrogens is 1560 g/mol. The minimum atomic E-state index is -0.432. The molecule has 0 bridgehead atoms. The molecule has 25 rings (SSSR count). The van der Waals surface area contributed by atoms with Crippen LogP contribution in [-0.4, -0.2) is 43.1 Å². The lowest BCUT2D eigenvalue weighted by Gasteiger charge is -2.34. The zero-order chi connectivity index (χ0) is 85.3. The molecule has 604 valence electrons. The summed E-state index contributed by atoms with van der Waals surface area (Å²) in [5.74, 6) is 2.72. The molecule has 0 radical (unpaired) electrons. The van der Waals surface area contributed by atoms with Crippen molar-refractivity contribution in [3.05, 3.63) is 524 Å². The molecule has 0 aliphatic heterocycles. The maximum absolute atomic E-state index is 5.18. The van der Waals surface area contributed by atoms with Crippen molar-refractivity contribution in [3.63, 3.8) is 0 Å². The van der Waals surface area contributed by atoms with Crippen LogP contribution in [0.1, 0.15) is 69.5 Å². The molecule has 0 saturated heterocycles. The predicted molar refractivity (Wildman–Crippen MR) is 520 cm³/mol. The van der Waals surface area contributed by atoms with E-state index in [1.165, 1.54) is 117 Å². The van der Waals surface area contributed by atoms with Crippen LogP contribution in [0.5, 0.6) is 0 Å². The third kappa shape index (κ3) is 12.4. The van der Waals surface area contributed by atoms with Gasteiger partial charge in [-0.2, -0.15) is 0 Å². The average Bonchev–Trinajstić information content (AvgIpc) is 1.53. The number of hydrogen-bond donors (Lipinski definition) is 0. The molecule has 128 heavy (non-hydrogen) atoms. The number of fused-ring (bicyclic) bond motifs is 12. The second-order valence-electron chi connectivity index (χ2n) is 33.5. The Morgan fingerprint density at radius 1 is 0.203 bits per heavy atom. The Kier molecular flexibility index (Phi) is 18.8. The van der Waals surface area contributed by atoms with E-state index in [0.717, 1.165) is 90.4 Å². The van der Waals surface area contributed by atoms with Crippen LogP contribution >= 0.6 is 0 Å². The van der Waals surface area contributed by atoms with Gasteiger partial charge in [-0.15, -0.1) is 0 Å². The highest BCUT2D eigenvalue weighted by Crippen LogP contribution is 2.61. The Morgan fingerprint density at radius 2 is 0.484 bits per heavy atom. The molecule has 0 saturated carbocycles. The SMILES string of the molecule is CC1(C)c2ccccc2-c2c(-c3cccc(-c4nc(-c5ccccn5)c5ccccn45)c3)cccc21.c1ccc(C2(c3ccccc3)c3ccccc3-c3c(-c4ccc(-c5nc(-c6ccccn6)c6ccccn56)cc4)cccc32)cc1.c1ccc(C2(c3ccccc3)c3ccccc3-c3c(-c4cccc(-c5nc(-c6ccccn6)c6ccccn56)c4)cccc32)cc1. The fourth-order valence-corrected chi connectivity index (χ4v) is 20.7. The van der Waals surface area contributed by atoms with Crippen LogP contribution in [0, 0.1) is 0 Å². The Hall–Kier alpha value is -16.6. The quantitative estimate of drug-likeness (QED) is 0.114. The van der Waals surface area contributed by atoms with Gasteiger partial charge in [0.15, 0.2) is 0 Å². The second-order valence-corrected chi connectivity index (χ2v) is 33.5. The summed E-state index contributed by atoms with van der Waals surface area (Å²) < 4.78 is 6.49. The van der Waals surface area contributed by atoms with Crippen LogP contribution in [0.2, 0.25) is 0 Å². The van der Waals surface area contributed by atoms with Crippen molar-refractivity contribution in [2.75, 3.05) is 0 Å². The molecule has 3 aliphatic rings. The van der Waals surface area contributed by atoms with Gasteiger partial charge in [0.2, 0.25) is 0 Å². The topological polar surface area (TPSA) is 90.6 Å². The first-order valence-corrected chi connectivity index (χ1v) is 43.7. The number of hydrogen-bond acceptors (Lipinski definition) is 6. The number of imidazole rings is 3. The number of pyridine rings is 6. The molecule has 0 unspecified atom stereocenters. The maximum atomic E-state index is 5.18. The molecule has 0 atom stereocenters. The summed E-state index contributed by atoms with van der Waals surface area (Å²) in [6.07, 6.45) is 11.7. The Labute approximate surface area is 743 Å². The van der Waals surface area contributed by atoms with E-state index >= 15 is 0 Å².